The molecule has 0 saturated heterocycles. The Morgan fingerprint density at radius 3 is 2.00 bits per heavy atom. The van der Waals surface area contributed by atoms with Crippen molar-refractivity contribution in [3.8, 4) is 0 Å². The normalized spacial score (nSPS) is 15.0. The maximum atomic E-state index is 5.76. The molecule has 0 aliphatic carbocycles. The molecule has 0 bridgehead atoms. The molecule has 0 atom stereocenters. The Bertz CT molecular complexity index is 194. The molecule has 0 aromatic carbocycles. The van der Waals surface area contributed by atoms with Gasteiger partial charge in [-0.2, -0.15) is 0 Å². The molecule has 2 nitrogen and oxygen atoms in total. The molecule has 70 valence electrons. The fourth-order valence-electron chi connectivity index (χ4n) is 0.888. The first-order valence-corrected chi connectivity index (χ1v) is 4.31. The first-order valence-electron chi connectivity index (χ1n) is 4.31. The van der Waals surface area contributed by atoms with Gasteiger partial charge in [0, 0.05) is 0 Å². The summed E-state index contributed by atoms with van der Waals surface area (Å²) in [7, 11) is 0. The van der Waals surface area contributed by atoms with Crippen LogP contribution in [-0.4, -0.2) is 0 Å². The van der Waals surface area contributed by atoms with E-state index in [4.69, 9.17) is 11.5 Å². The van der Waals surface area contributed by atoms with E-state index >= 15 is 0 Å². The fourth-order valence-corrected chi connectivity index (χ4v) is 0.888. The summed E-state index contributed by atoms with van der Waals surface area (Å²) in [5.74, 6) is 0. The van der Waals surface area contributed by atoms with Crippen LogP contribution in [0, 0.1) is 5.41 Å². The van der Waals surface area contributed by atoms with Crippen LogP contribution in [0.3, 0.4) is 0 Å². The molecule has 0 aliphatic heterocycles. The van der Waals surface area contributed by atoms with Crippen LogP contribution in [0.4, 0.5) is 0 Å². The summed E-state index contributed by atoms with van der Waals surface area (Å²) < 4.78 is 0. The summed E-state index contributed by atoms with van der Waals surface area (Å²) in [6.07, 6.45) is 4.83. The first kappa shape index (κ1) is 11.1. The Labute approximate surface area is 75.3 Å². The van der Waals surface area contributed by atoms with Crippen LogP contribution in [0.1, 0.15) is 34.1 Å². The predicted octanol–water partition coefficient (Wildman–Crippen LogP) is 2.13. The molecule has 0 spiro atoms. The van der Waals surface area contributed by atoms with Gasteiger partial charge in [0.05, 0.1) is 11.4 Å². The second-order valence-electron chi connectivity index (χ2n) is 4.03. The van der Waals surface area contributed by atoms with Crippen LogP contribution in [-0.2, 0) is 0 Å². The van der Waals surface area contributed by atoms with Crippen molar-refractivity contribution in [2.24, 2.45) is 16.9 Å². The zero-order chi connectivity index (χ0) is 9.78. The van der Waals surface area contributed by atoms with Crippen LogP contribution >= 0.6 is 0 Å². The van der Waals surface area contributed by atoms with Gasteiger partial charge in [-0.1, -0.05) is 39.8 Å². The maximum absolute atomic E-state index is 5.76. The third-order valence-corrected chi connectivity index (χ3v) is 1.35. The number of allylic oxidation sites excluding steroid dienone is 2. The lowest BCUT2D eigenvalue weighted by Gasteiger charge is -2.14. The highest BCUT2D eigenvalue weighted by atomic mass is 14.7. The molecular weight excluding hydrogens is 148 g/mol. The van der Waals surface area contributed by atoms with E-state index in [1.54, 1.807) is 0 Å². The number of hydrogen-bond acceptors (Lipinski definition) is 2. The molecule has 0 aromatic heterocycles. The van der Waals surface area contributed by atoms with E-state index in [1.807, 2.05) is 19.1 Å². The number of nitrogens with two attached hydrogens (primary N) is 2. The molecule has 0 saturated carbocycles. The molecule has 0 unspecified atom stereocenters. The van der Waals surface area contributed by atoms with E-state index in [0.29, 0.717) is 11.4 Å². The molecule has 4 N–H and O–H groups in total. The van der Waals surface area contributed by atoms with E-state index < -0.39 is 0 Å². The smallest absolute Gasteiger partial charge is 0.0509 e. The molecule has 0 aromatic rings. The van der Waals surface area contributed by atoms with Crippen molar-refractivity contribution in [1.29, 1.82) is 0 Å². The lowest BCUT2D eigenvalue weighted by atomic mass is 9.95. The van der Waals surface area contributed by atoms with Crippen molar-refractivity contribution >= 4 is 0 Å². The van der Waals surface area contributed by atoms with Gasteiger partial charge in [0.2, 0.25) is 0 Å². The molecule has 12 heavy (non-hydrogen) atoms. The van der Waals surface area contributed by atoms with Gasteiger partial charge in [0.25, 0.3) is 0 Å². The Hall–Kier alpha value is -0.920. The average molecular weight is 168 g/mol. The lowest BCUT2D eigenvalue weighted by Crippen LogP contribution is -2.13. The predicted molar refractivity (Wildman–Crippen MR) is 54.3 cm³/mol. The molecular formula is C10H20N2. The van der Waals surface area contributed by atoms with Crippen LogP contribution in [0.5, 0.6) is 0 Å². The SMILES string of the molecule is CC/C=C(N)\C(N)=C/C(C)(C)C. The Kier molecular flexibility index (Phi) is 3.87. The molecule has 0 heterocycles. The Morgan fingerprint density at radius 2 is 1.67 bits per heavy atom. The fraction of sp³-hybridized carbons (Fsp3) is 0.600. The average Bonchev–Trinajstić information content (AvgIpc) is 1.84. The molecule has 0 radical (unpaired) electrons. The van der Waals surface area contributed by atoms with Gasteiger partial charge in [0.15, 0.2) is 0 Å². The summed E-state index contributed by atoms with van der Waals surface area (Å²) in [6, 6.07) is 0. The topological polar surface area (TPSA) is 52.0 Å². The van der Waals surface area contributed by atoms with Crippen LogP contribution in [0.15, 0.2) is 23.5 Å². The second kappa shape index (κ2) is 4.19. The molecule has 0 aliphatic rings. The molecule has 2 heteroatoms. The van der Waals surface area contributed by atoms with E-state index in [1.165, 1.54) is 0 Å². The van der Waals surface area contributed by atoms with E-state index in [2.05, 4.69) is 20.8 Å². The Balaban J connectivity index is 4.49. The minimum absolute atomic E-state index is 0.0935. The summed E-state index contributed by atoms with van der Waals surface area (Å²) in [6.45, 7) is 8.33. The minimum atomic E-state index is 0.0935. The summed E-state index contributed by atoms with van der Waals surface area (Å²) in [5, 5.41) is 0. The summed E-state index contributed by atoms with van der Waals surface area (Å²) in [4.78, 5) is 0. The maximum Gasteiger partial charge on any atom is 0.0509 e. The van der Waals surface area contributed by atoms with Crippen molar-refractivity contribution < 1.29 is 0 Å². The standard InChI is InChI=1S/C10H20N2/c1-5-6-8(11)9(12)7-10(2,3)4/h6-7H,5,11-12H2,1-4H3/b8-6+,9-7+. The van der Waals surface area contributed by atoms with Gasteiger partial charge in [-0.3, -0.25) is 0 Å². The van der Waals surface area contributed by atoms with Crippen molar-refractivity contribution in [3.63, 3.8) is 0 Å². The zero-order valence-corrected chi connectivity index (χ0v) is 8.52. The minimum Gasteiger partial charge on any atom is -0.397 e. The van der Waals surface area contributed by atoms with E-state index in [-0.39, 0.29) is 5.41 Å². The van der Waals surface area contributed by atoms with Crippen molar-refractivity contribution in [2.75, 3.05) is 0 Å². The largest absolute Gasteiger partial charge is 0.397 e. The number of rotatable bonds is 2. The molecule has 0 rings (SSSR count). The summed E-state index contributed by atoms with van der Waals surface area (Å²) >= 11 is 0. The van der Waals surface area contributed by atoms with Crippen molar-refractivity contribution in [2.45, 2.75) is 34.1 Å². The van der Waals surface area contributed by atoms with Gasteiger partial charge in [-0.05, 0) is 11.8 Å². The number of hydrogen-bond donors (Lipinski definition) is 2. The quantitative estimate of drug-likeness (QED) is 0.620. The van der Waals surface area contributed by atoms with Gasteiger partial charge in [0.1, 0.15) is 0 Å². The summed E-state index contributed by atoms with van der Waals surface area (Å²) in [5.41, 5.74) is 12.9. The van der Waals surface area contributed by atoms with Gasteiger partial charge >= 0.3 is 0 Å². The van der Waals surface area contributed by atoms with E-state index in [9.17, 15) is 0 Å². The van der Waals surface area contributed by atoms with Gasteiger partial charge in [-0.25, -0.2) is 0 Å². The van der Waals surface area contributed by atoms with Crippen LogP contribution in [0.25, 0.3) is 0 Å². The van der Waals surface area contributed by atoms with Gasteiger partial charge < -0.3 is 11.5 Å². The third kappa shape index (κ3) is 4.83. The molecule has 0 amide bonds. The highest BCUT2D eigenvalue weighted by molar-refractivity contribution is 5.26. The van der Waals surface area contributed by atoms with Crippen LogP contribution < -0.4 is 11.5 Å². The Morgan fingerprint density at radius 1 is 1.17 bits per heavy atom. The molecule has 0 fully saturated rings. The monoisotopic (exact) mass is 168 g/mol. The van der Waals surface area contributed by atoms with Gasteiger partial charge in [-0.15, -0.1) is 0 Å². The third-order valence-electron chi connectivity index (χ3n) is 1.35. The highest BCUT2D eigenvalue weighted by Crippen LogP contribution is 2.17. The zero-order valence-electron chi connectivity index (χ0n) is 8.52. The highest BCUT2D eigenvalue weighted by Gasteiger charge is 2.07. The van der Waals surface area contributed by atoms with Crippen LogP contribution in [0.2, 0.25) is 0 Å². The van der Waals surface area contributed by atoms with E-state index in [0.717, 1.165) is 6.42 Å². The van der Waals surface area contributed by atoms with Crippen molar-refractivity contribution in [3.05, 3.63) is 23.5 Å². The lowest BCUT2D eigenvalue weighted by molar-refractivity contribution is 0.539. The first-order chi connectivity index (χ1) is 5.37. The second-order valence-corrected chi connectivity index (χ2v) is 4.03. The van der Waals surface area contributed by atoms with Crippen molar-refractivity contribution in [1.82, 2.24) is 0 Å².